The quantitative estimate of drug-likeness (QED) is 0.792. The molecule has 1 fully saturated rings. The first kappa shape index (κ1) is 15.4. The Kier molecular flexibility index (Phi) is 3.97. The van der Waals surface area contributed by atoms with Crippen LogP contribution in [0.4, 0.5) is 4.79 Å². The molecule has 1 aromatic heterocycles. The molecular weight excluding hydrogens is 322 g/mol. The molecule has 2 aromatic rings. The van der Waals surface area contributed by atoms with Crippen LogP contribution in [0.5, 0.6) is 11.5 Å². The molecule has 7 nitrogen and oxygen atoms in total. The van der Waals surface area contributed by atoms with Crippen molar-refractivity contribution in [1.29, 1.82) is 0 Å². The van der Waals surface area contributed by atoms with Crippen LogP contribution < -0.4 is 9.47 Å². The molecule has 1 unspecified atom stereocenters. The predicted octanol–water partition coefficient (Wildman–Crippen LogP) is 1.80. The summed E-state index contributed by atoms with van der Waals surface area (Å²) in [6.07, 6.45) is 2.71. The summed E-state index contributed by atoms with van der Waals surface area (Å²) >= 11 is 0. The van der Waals surface area contributed by atoms with Crippen molar-refractivity contribution in [2.24, 2.45) is 0 Å². The number of pyridine rings is 1. The van der Waals surface area contributed by atoms with Crippen LogP contribution in [0.15, 0.2) is 48.8 Å². The van der Waals surface area contributed by atoms with E-state index in [1.54, 1.807) is 34.2 Å². The van der Waals surface area contributed by atoms with Crippen molar-refractivity contribution in [1.82, 2.24) is 14.8 Å². The van der Waals surface area contributed by atoms with Crippen LogP contribution in [-0.4, -0.2) is 59.1 Å². The average molecular weight is 339 g/mol. The van der Waals surface area contributed by atoms with E-state index in [0.717, 1.165) is 0 Å². The molecule has 3 heterocycles. The number of fused-ring (bicyclic) bond motifs is 2. The Morgan fingerprint density at radius 3 is 2.88 bits per heavy atom. The molecule has 0 saturated carbocycles. The second kappa shape index (κ2) is 6.43. The standard InChI is InChI=1S/C18H17N3O4/c22-17-15-10-19-7-6-16(15)24-12-13-11-20(8-9-21(13)17)18(23)25-14-4-2-1-3-5-14/h1-7,10,13H,8-9,11-12H2. The number of para-hydroxylation sites is 1. The molecule has 0 radical (unpaired) electrons. The minimum Gasteiger partial charge on any atom is -0.490 e. The van der Waals surface area contributed by atoms with E-state index in [-0.39, 0.29) is 11.9 Å². The maximum atomic E-state index is 12.7. The van der Waals surface area contributed by atoms with Crippen molar-refractivity contribution in [3.63, 3.8) is 0 Å². The Morgan fingerprint density at radius 2 is 2.04 bits per heavy atom. The minimum atomic E-state index is -0.415. The Hall–Kier alpha value is -3.09. The predicted molar refractivity (Wildman–Crippen MR) is 88.6 cm³/mol. The average Bonchev–Trinajstić information content (AvgIpc) is 2.80. The molecule has 0 spiro atoms. The summed E-state index contributed by atoms with van der Waals surface area (Å²) in [4.78, 5) is 32.5. The van der Waals surface area contributed by atoms with E-state index in [0.29, 0.717) is 43.3 Å². The van der Waals surface area contributed by atoms with Gasteiger partial charge in [-0.1, -0.05) is 18.2 Å². The molecule has 128 valence electrons. The molecule has 7 heteroatoms. The molecular formula is C18H17N3O4. The van der Waals surface area contributed by atoms with Gasteiger partial charge in [0.15, 0.2) is 0 Å². The highest BCUT2D eigenvalue weighted by Crippen LogP contribution is 2.26. The third kappa shape index (κ3) is 3.00. The monoisotopic (exact) mass is 339 g/mol. The molecule has 1 atom stereocenters. The molecule has 2 aliphatic rings. The van der Waals surface area contributed by atoms with Gasteiger partial charge in [-0.15, -0.1) is 0 Å². The van der Waals surface area contributed by atoms with Gasteiger partial charge in [0.25, 0.3) is 5.91 Å². The maximum Gasteiger partial charge on any atom is 0.415 e. The highest BCUT2D eigenvalue weighted by Gasteiger charge is 2.37. The summed E-state index contributed by atoms with van der Waals surface area (Å²) in [7, 11) is 0. The molecule has 1 aromatic carbocycles. The van der Waals surface area contributed by atoms with Crippen molar-refractivity contribution in [3.05, 3.63) is 54.4 Å². The van der Waals surface area contributed by atoms with Crippen molar-refractivity contribution in [3.8, 4) is 11.5 Å². The number of aromatic nitrogens is 1. The third-order valence-corrected chi connectivity index (χ3v) is 4.39. The summed E-state index contributed by atoms with van der Waals surface area (Å²) in [6.45, 7) is 1.56. The van der Waals surface area contributed by atoms with E-state index >= 15 is 0 Å². The minimum absolute atomic E-state index is 0.110. The maximum absolute atomic E-state index is 12.7. The number of benzene rings is 1. The van der Waals surface area contributed by atoms with Gasteiger partial charge in [0, 0.05) is 32.0 Å². The summed E-state index contributed by atoms with van der Waals surface area (Å²) in [6, 6.07) is 10.4. The highest BCUT2D eigenvalue weighted by atomic mass is 16.6. The van der Waals surface area contributed by atoms with Gasteiger partial charge < -0.3 is 19.3 Å². The van der Waals surface area contributed by atoms with E-state index in [1.165, 1.54) is 6.20 Å². The van der Waals surface area contributed by atoms with Gasteiger partial charge >= 0.3 is 6.09 Å². The van der Waals surface area contributed by atoms with Gasteiger partial charge in [-0.3, -0.25) is 9.78 Å². The summed E-state index contributed by atoms with van der Waals surface area (Å²) in [5.74, 6) is 0.927. The molecule has 0 aliphatic carbocycles. The topological polar surface area (TPSA) is 72.0 Å². The fourth-order valence-corrected chi connectivity index (χ4v) is 3.09. The van der Waals surface area contributed by atoms with Crippen molar-refractivity contribution < 1.29 is 19.1 Å². The highest BCUT2D eigenvalue weighted by molar-refractivity contribution is 5.97. The zero-order valence-corrected chi connectivity index (χ0v) is 13.5. The lowest BCUT2D eigenvalue weighted by Crippen LogP contribution is -2.58. The van der Waals surface area contributed by atoms with Gasteiger partial charge in [-0.2, -0.15) is 0 Å². The number of hydrogen-bond donors (Lipinski definition) is 0. The van der Waals surface area contributed by atoms with Crippen LogP contribution in [0.3, 0.4) is 0 Å². The molecule has 2 amide bonds. The summed E-state index contributed by atoms with van der Waals surface area (Å²) < 4.78 is 11.1. The fourth-order valence-electron chi connectivity index (χ4n) is 3.09. The van der Waals surface area contributed by atoms with E-state index in [9.17, 15) is 9.59 Å². The first-order chi connectivity index (χ1) is 12.2. The smallest absolute Gasteiger partial charge is 0.415 e. The van der Waals surface area contributed by atoms with Crippen LogP contribution in [-0.2, 0) is 0 Å². The molecule has 2 aliphatic heterocycles. The van der Waals surface area contributed by atoms with Crippen LogP contribution >= 0.6 is 0 Å². The normalized spacial score (nSPS) is 19.4. The Morgan fingerprint density at radius 1 is 1.20 bits per heavy atom. The van der Waals surface area contributed by atoms with Gasteiger partial charge in [0.2, 0.25) is 0 Å². The number of nitrogens with zero attached hydrogens (tertiary/aromatic N) is 3. The SMILES string of the molecule is O=C(Oc1ccccc1)N1CCN2C(=O)c3cnccc3OCC2C1. The van der Waals surface area contributed by atoms with Crippen molar-refractivity contribution >= 4 is 12.0 Å². The summed E-state index contributed by atoms with van der Waals surface area (Å²) in [5.41, 5.74) is 0.463. The second-order valence-corrected chi connectivity index (χ2v) is 5.96. The van der Waals surface area contributed by atoms with Crippen LogP contribution in [0.2, 0.25) is 0 Å². The molecule has 25 heavy (non-hydrogen) atoms. The van der Waals surface area contributed by atoms with Crippen molar-refractivity contribution in [2.75, 3.05) is 26.2 Å². The lowest BCUT2D eigenvalue weighted by Gasteiger charge is -2.39. The summed E-state index contributed by atoms with van der Waals surface area (Å²) in [5, 5.41) is 0. The van der Waals surface area contributed by atoms with E-state index in [2.05, 4.69) is 4.98 Å². The first-order valence-electron chi connectivity index (χ1n) is 8.12. The number of rotatable bonds is 1. The van der Waals surface area contributed by atoms with Gasteiger partial charge in [-0.25, -0.2) is 4.79 Å². The van der Waals surface area contributed by atoms with Gasteiger partial charge in [-0.05, 0) is 18.2 Å². The van der Waals surface area contributed by atoms with Crippen LogP contribution in [0.25, 0.3) is 0 Å². The largest absolute Gasteiger partial charge is 0.490 e. The van der Waals surface area contributed by atoms with Crippen LogP contribution in [0.1, 0.15) is 10.4 Å². The third-order valence-electron chi connectivity index (χ3n) is 4.39. The van der Waals surface area contributed by atoms with E-state index < -0.39 is 6.09 Å². The number of hydrogen-bond acceptors (Lipinski definition) is 5. The Labute approximate surface area is 144 Å². The molecule has 0 bridgehead atoms. The number of ether oxygens (including phenoxy) is 2. The van der Waals surface area contributed by atoms with Gasteiger partial charge in [0.05, 0.1) is 11.6 Å². The fraction of sp³-hybridized carbons (Fsp3) is 0.278. The van der Waals surface area contributed by atoms with Gasteiger partial charge in [0.1, 0.15) is 18.1 Å². The van der Waals surface area contributed by atoms with Crippen LogP contribution in [0, 0.1) is 0 Å². The second-order valence-electron chi connectivity index (χ2n) is 5.96. The van der Waals surface area contributed by atoms with E-state index in [4.69, 9.17) is 9.47 Å². The Balaban J connectivity index is 1.47. The molecule has 4 rings (SSSR count). The lowest BCUT2D eigenvalue weighted by atomic mass is 10.1. The number of piperazine rings is 1. The number of carbonyl (C=O) groups excluding carboxylic acids is 2. The van der Waals surface area contributed by atoms with E-state index in [1.807, 2.05) is 18.2 Å². The Bertz CT molecular complexity index is 796. The zero-order valence-electron chi connectivity index (χ0n) is 13.5. The number of carbonyl (C=O) groups is 2. The number of amides is 2. The lowest BCUT2D eigenvalue weighted by molar-refractivity contribution is 0.0402. The molecule has 0 N–H and O–H groups in total. The zero-order chi connectivity index (χ0) is 17.2. The van der Waals surface area contributed by atoms with Crippen molar-refractivity contribution in [2.45, 2.75) is 6.04 Å². The first-order valence-corrected chi connectivity index (χ1v) is 8.12. The molecule has 1 saturated heterocycles.